The number of rotatable bonds is 4. The number of carboxylic acid groups (broad SMARTS) is 1. The molecule has 0 aliphatic heterocycles. The van der Waals surface area contributed by atoms with Crippen LogP contribution in [-0.2, 0) is 6.54 Å². The molecule has 1 heterocycles. The van der Waals surface area contributed by atoms with Gasteiger partial charge in [-0.3, -0.25) is 0 Å². The van der Waals surface area contributed by atoms with Crippen LogP contribution in [0.5, 0.6) is 0 Å². The lowest BCUT2D eigenvalue weighted by Gasteiger charge is -2.07. The van der Waals surface area contributed by atoms with Crippen LogP contribution >= 0.6 is 11.6 Å². The average Bonchev–Trinajstić information content (AvgIpc) is 2.96. The minimum atomic E-state index is -0.946. The number of hydrogen-bond acceptors (Lipinski definition) is 3. The number of aromatic carboxylic acids is 1. The summed E-state index contributed by atoms with van der Waals surface area (Å²) in [6.07, 6.45) is 1.67. The molecule has 3 aromatic rings. The third kappa shape index (κ3) is 2.99. The first-order chi connectivity index (χ1) is 10.6. The molecule has 0 saturated carbocycles. The van der Waals surface area contributed by atoms with Gasteiger partial charge in [0, 0.05) is 10.6 Å². The quantitative estimate of drug-likeness (QED) is 0.802. The van der Waals surface area contributed by atoms with Crippen molar-refractivity contribution in [1.82, 2.24) is 15.0 Å². The second kappa shape index (κ2) is 5.99. The summed E-state index contributed by atoms with van der Waals surface area (Å²) < 4.78 is 1.73. The molecule has 1 aromatic heterocycles. The van der Waals surface area contributed by atoms with Gasteiger partial charge in [-0.15, -0.1) is 5.10 Å². The molecule has 0 aliphatic rings. The van der Waals surface area contributed by atoms with Crippen LogP contribution in [-0.4, -0.2) is 26.1 Å². The molecule has 2 aromatic carbocycles. The highest BCUT2D eigenvalue weighted by Crippen LogP contribution is 2.21. The summed E-state index contributed by atoms with van der Waals surface area (Å²) in [5.41, 5.74) is 2.90. The number of hydrogen-bond donors (Lipinski definition) is 1. The lowest BCUT2D eigenvalue weighted by molar-refractivity contribution is 0.0696. The standard InChI is InChI=1S/C16H12ClN3O2/c17-14-6-4-12(5-7-14)15-9-18-19-20(15)10-11-2-1-3-13(8-11)16(21)22/h1-9H,10H2,(H,21,22). The van der Waals surface area contributed by atoms with Gasteiger partial charge in [0.25, 0.3) is 0 Å². The van der Waals surface area contributed by atoms with E-state index in [1.807, 2.05) is 18.2 Å². The first-order valence-corrected chi connectivity index (χ1v) is 6.98. The summed E-state index contributed by atoms with van der Waals surface area (Å²) in [6, 6.07) is 14.2. The van der Waals surface area contributed by atoms with Crippen LogP contribution in [0.3, 0.4) is 0 Å². The van der Waals surface area contributed by atoms with E-state index in [2.05, 4.69) is 10.3 Å². The molecular weight excluding hydrogens is 302 g/mol. The zero-order valence-corrected chi connectivity index (χ0v) is 12.2. The van der Waals surface area contributed by atoms with Crippen molar-refractivity contribution in [1.29, 1.82) is 0 Å². The molecule has 5 nitrogen and oxygen atoms in total. The lowest BCUT2D eigenvalue weighted by atomic mass is 10.1. The molecule has 0 spiro atoms. The summed E-state index contributed by atoms with van der Waals surface area (Å²) in [4.78, 5) is 11.0. The number of carboxylic acids is 1. The molecule has 0 atom stereocenters. The Kier molecular flexibility index (Phi) is 3.89. The monoisotopic (exact) mass is 313 g/mol. The Morgan fingerprint density at radius 3 is 2.68 bits per heavy atom. The molecule has 0 amide bonds. The van der Waals surface area contributed by atoms with Crippen molar-refractivity contribution >= 4 is 17.6 Å². The van der Waals surface area contributed by atoms with Crippen molar-refractivity contribution in [2.75, 3.05) is 0 Å². The molecule has 0 fully saturated rings. The largest absolute Gasteiger partial charge is 0.478 e. The molecule has 22 heavy (non-hydrogen) atoms. The smallest absolute Gasteiger partial charge is 0.335 e. The van der Waals surface area contributed by atoms with E-state index in [9.17, 15) is 4.79 Å². The zero-order valence-electron chi connectivity index (χ0n) is 11.5. The van der Waals surface area contributed by atoms with Gasteiger partial charge in [0.15, 0.2) is 0 Å². The van der Waals surface area contributed by atoms with Crippen LogP contribution < -0.4 is 0 Å². The van der Waals surface area contributed by atoms with Crippen LogP contribution in [0.4, 0.5) is 0 Å². The molecule has 1 N–H and O–H groups in total. The number of aromatic nitrogens is 3. The molecule has 0 saturated heterocycles. The molecule has 6 heteroatoms. The Morgan fingerprint density at radius 2 is 1.95 bits per heavy atom. The highest BCUT2D eigenvalue weighted by molar-refractivity contribution is 6.30. The maximum Gasteiger partial charge on any atom is 0.335 e. The first kappa shape index (κ1) is 14.3. The summed E-state index contributed by atoms with van der Waals surface area (Å²) in [5.74, 6) is -0.946. The number of benzene rings is 2. The van der Waals surface area contributed by atoms with Gasteiger partial charge < -0.3 is 5.11 Å². The molecule has 0 unspecified atom stereocenters. The molecule has 0 bridgehead atoms. The molecule has 110 valence electrons. The lowest BCUT2D eigenvalue weighted by Crippen LogP contribution is -2.05. The Labute approximate surface area is 131 Å². The fourth-order valence-corrected chi connectivity index (χ4v) is 2.32. The Hall–Kier alpha value is -2.66. The maximum atomic E-state index is 11.0. The molecule has 0 aliphatic carbocycles. The van der Waals surface area contributed by atoms with Gasteiger partial charge in [0.1, 0.15) is 0 Å². The third-order valence-electron chi connectivity index (χ3n) is 3.26. The van der Waals surface area contributed by atoms with Crippen LogP contribution in [0.15, 0.2) is 54.7 Å². The number of carbonyl (C=O) groups is 1. The zero-order chi connectivity index (χ0) is 15.5. The van der Waals surface area contributed by atoms with Gasteiger partial charge >= 0.3 is 5.97 Å². The third-order valence-corrected chi connectivity index (χ3v) is 3.52. The molecule has 3 rings (SSSR count). The van der Waals surface area contributed by atoms with Crippen molar-refractivity contribution in [3.05, 3.63) is 70.9 Å². The van der Waals surface area contributed by atoms with E-state index in [1.54, 1.807) is 41.2 Å². The van der Waals surface area contributed by atoms with E-state index in [1.165, 1.54) is 0 Å². The van der Waals surface area contributed by atoms with Crippen LogP contribution in [0, 0.1) is 0 Å². The van der Waals surface area contributed by atoms with Gasteiger partial charge in [-0.1, -0.05) is 41.1 Å². The SMILES string of the molecule is O=C(O)c1cccc(Cn2nncc2-c2ccc(Cl)cc2)c1. The predicted molar refractivity (Wildman–Crippen MR) is 83.0 cm³/mol. The van der Waals surface area contributed by atoms with Gasteiger partial charge in [-0.2, -0.15) is 0 Å². The summed E-state index contributed by atoms with van der Waals surface area (Å²) in [5, 5.41) is 17.7. The predicted octanol–water partition coefficient (Wildman–Crippen LogP) is 3.35. The Balaban J connectivity index is 1.91. The van der Waals surface area contributed by atoms with E-state index < -0.39 is 5.97 Å². The summed E-state index contributed by atoms with van der Waals surface area (Å²) in [6.45, 7) is 0.444. The Morgan fingerprint density at radius 1 is 1.18 bits per heavy atom. The van der Waals surface area contributed by atoms with Crippen molar-refractivity contribution < 1.29 is 9.90 Å². The minimum absolute atomic E-state index is 0.255. The summed E-state index contributed by atoms with van der Waals surface area (Å²) >= 11 is 5.90. The van der Waals surface area contributed by atoms with E-state index in [4.69, 9.17) is 16.7 Å². The fraction of sp³-hybridized carbons (Fsp3) is 0.0625. The fourth-order valence-electron chi connectivity index (χ4n) is 2.19. The summed E-state index contributed by atoms with van der Waals surface area (Å²) in [7, 11) is 0. The van der Waals surface area contributed by atoms with Crippen molar-refractivity contribution in [2.45, 2.75) is 6.54 Å². The number of nitrogens with zero attached hydrogens (tertiary/aromatic N) is 3. The van der Waals surface area contributed by atoms with Crippen molar-refractivity contribution in [2.24, 2.45) is 0 Å². The van der Waals surface area contributed by atoms with E-state index in [0.717, 1.165) is 16.8 Å². The second-order valence-corrected chi connectivity index (χ2v) is 5.23. The van der Waals surface area contributed by atoms with Gasteiger partial charge in [0.2, 0.25) is 0 Å². The minimum Gasteiger partial charge on any atom is -0.478 e. The van der Waals surface area contributed by atoms with E-state index in [0.29, 0.717) is 11.6 Å². The second-order valence-electron chi connectivity index (χ2n) is 4.79. The van der Waals surface area contributed by atoms with E-state index in [-0.39, 0.29) is 5.56 Å². The van der Waals surface area contributed by atoms with Crippen LogP contribution in [0.2, 0.25) is 5.02 Å². The Bertz CT molecular complexity index is 812. The highest BCUT2D eigenvalue weighted by atomic mass is 35.5. The number of halogens is 1. The average molecular weight is 314 g/mol. The van der Waals surface area contributed by atoms with Crippen LogP contribution in [0.1, 0.15) is 15.9 Å². The topological polar surface area (TPSA) is 68.0 Å². The van der Waals surface area contributed by atoms with E-state index >= 15 is 0 Å². The van der Waals surface area contributed by atoms with Crippen LogP contribution in [0.25, 0.3) is 11.3 Å². The van der Waals surface area contributed by atoms with Gasteiger partial charge in [-0.05, 0) is 29.8 Å². The van der Waals surface area contributed by atoms with Gasteiger partial charge in [-0.25, -0.2) is 9.48 Å². The first-order valence-electron chi connectivity index (χ1n) is 6.60. The normalized spacial score (nSPS) is 10.6. The van der Waals surface area contributed by atoms with Crippen molar-refractivity contribution in [3.8, 4) is 11.3 Å². The maximum absolute atomic E-state index is 11.0. The van der Waals surface area contributed by atoms with Gasteiger partial charge in [0.05, 0.1) is 24.0 Å². The van der Waals surface area contributed by atoms with Crippen molar-refractivity contribution in [3.63, 3.8) is 0 Å². The molecular formula is C16H12ClN3O2. The molecule has 0 radical (unpaired) electrons. The highest BCUT2D eigenvalue weighted by Gasteiger charge is 2.09.